The van der Waals surface area contributed by atoms with E-state index in [0.717, 1.165) is 34.9 Å². The lowest BCUT2D eigenvalue weighted by atomic mass is 9.95. The fourth-order valence-electron chi connectivity index (χ4n) is 3.81. The lowest BCUT2D eigenvalue weighted by Gasteiger charge is -2.13. The average molecular weight is 457 g/mol. The zero-order valence-electron chi connectivity index (χ0n) is 18.7. The molecule has 8 heteroatoms. The molecule has 0 radical (unpaired) electrons. The van der Waals surface area contributed by atoms with E-state index < -0.39 is 10.0 Å². The molecule has 7 nitrogen and oxygen atoms in total. The van der Waals surface area contributed by atoms with Crippen molar-refractivity contribution in [2.24, 2.45) is 0 Å². The van der Waals surface area contributed by atoms with Gasteiger partial charge >= 0.3 is 0 Å². The molecule has 1 amide bonds. The van der Waals surface area contributed by atoms with Gasteiger partial charge in [0, 0.05) is 17.0 Å². The maximum Gasteiger partial charge on any atom is 0.240 e. The molecule has 1 aromatic heterocycles. The highest BCUT2D eigenvalue weighted by atomic mass is 32.2. The SMILES string of the molecule is COc1ccc(S(=O)(=O)NC2CC2)cc1NC(=O)Cc1coc2cc(C)c(C(C)C)cc12. The highest BCUT2D eigenvalue weighted by Crippen LogP contribution is 2.31. The summed E-state index contributed by atoms with van der Waals surface area (Å²) in [5.41, 5.74) is 4.19. The highest BCUT2D eigenvalue weighted by molar-refractivity contribution is 7.89. The van der Waals surface area contributed by atoms with Crippen molar-refractivity contribution in [2.75, 3.05) is 12.4 Å². The van der Waals surface area contributed by atoms with Crippen LogP contribution in [0.3, 0.4) is 0 Å². The minimum Gasteiger partial charge on any atom is -0.495 e. The Morgan fingerprint density at radius 1 is 1.22 bits per heavy atom. The van der Waals surface area contributed by atoms with Crippen molar-refractivity contribution >= 4 is 32.6 Å². The molecule has 2 N–H and O–H groups in total. The van der Waals surface area contributed by atoms with Crippen LogP contribution in [0.15, 0.2) is 45.9 Å². The molecular weight excluding hydrogens is 428 g/mol. The number of methoxy groups -OCH3 is 1. The Labute approximate surface area is 188 Å². The smallest absolute Gasteiger partial charge is 0.240 e. The molecule has 4 rings (SSSR count). The molecule has 2 aromatic carbocycles. The van der Waals surface area contributed by atoms with E-state index in [1.807, 2.05) is 6.07 Å². The molecule has 0 spiro atoms. The summed E-state index contributed by atoms with van der Waals surface area (Å²) >= 11 is 0. The summed E-state index contributed by atoms with van der Waals surface area (Å²) in [4.78, 5) is 12.9. The van der Waals surface area contributed by atoms with Crippen LogP contribution in [0.4, 0.5) is 5.69 Å². The van der Waals surface area contributed by atoms with Crippen molar-refractivity contribution in [1.82, 2.24) is 4.72 Å². The van der Waals surface area contributed by atoms with Crippen LogP contribution in [0, 0.1) is 6.92 Å². The first-order valence-electron chi connectivity index (χ1n) is 10.7. The van der Waals surface area contributed by atoms with E-state index in [1.54, 1.807) is 12.3 Å². The van der Waals surface area contributed by atoms with Gasteiger partial charge in [-0.15, -0.1) is 0 Å². The van der Waals surface area contributed by atoms with Gasteiger partial charge in [-0.2, -0.15) is 0 Å². The zero-order chi connectivity index (χ0) is 23.0. The van der Waals surface area contributed by atoms with Crippen LogP contribution in [-0.4, -0.2) is 27.5 Å². The molecule has 1 aliphatic rings. The number of rotatable bonds is 8. The number of benzene rings is 2. The molecule has 0 aliphatic heterocycles. The topological polar surface area (TPSA) is 97.6 Å². The summed E-state index contributed by atoms with van der Waals surface area (Å²) in [5.74, 6) is 0.454. The predicted octanol–water partition coefficient (Wildman–Crippen LogP) is 4.50. The van der Waals surface area contributed by atoms with Crippen LogP contribution < -0.4 is 14.8 Å². The maximum atomic E-state index is 12.9. The Bertz CT molecular complexity index is 1270. The van der Waals surface area contributed by atoms with Gasteiger partial charge in [0.15, 0.2) is 0 Å². The summed E-state index contributed by atoms with van der Waals surface area (Å²) in [6, 6.07) is 8.51. The first-order chi connectivity index (χ1) is 15.2. The number of amides is 1. The van der Waals surface area contributed by atoms with E-state index >= 15 is 0 Å². The number of hydrogen-bond acceptors (Lipinski definition) is 5. The third kappa shape index (κ3) is 4.66. The minimum absolute atomic E-state index is 0.00567. The zero-order valence-corrected chi connectivity index (χ0v) is 19.5. The average Bonchev–Trinajstić information content (AvgIpc) is 3.46. The summed E-state index contributed by atoms with van der Waals surface area (Å²) in [6.07, 6.45) is 3.38. The summed E-state index contributed by atoms with van der Waals surface area (Å²) in [6.45, 7) is 6.31. The van der Waals surface area contributed by atoms with Crippen molar-refractivity contribution < 1.29 is 22.4 Å². The van der Waals surface area contributed by atoms with Gasteiger partial charge in [0.05, 0.1) is 30.4 Å². The lowest BCUT2D eigenvalue weighted by Crippen LogP contribution is -2.26. The van der Waals surface area contributed by atoms with E-state index in [1.165, 1.54) is 24.8 Å². The predicted molar refractivity (Wildman–Crippen MR) is 124 cm³/mol. The fourth-order valence-corrected chi connectivity index (χ4v) is 5.14. The lowest BCUT2D eigenvalue weighted by molar-refractivity contribution is -0.115. The Morgan fingerprint density at radius 3 is 2.62 bits per heavy atom. The Morgan fingerprint density at radius 2 is 1.97 bits per heavy atom. The third-order valence-electron chi connectivity index (χ3n) is 5.67. The van der Waals surface area contributed by atoms with Gasteiger partial charge in [0.1, 0.15) is 11.3 Å². The number of furan rings is 1. The van der Waals surface area contributed by atoms with Crippen LogP contribution in [0.2, 0.25) is 0 Å². The number of fused-ring (bicyclic) bond motifs is 1. The normalized spacial score (nSPS) is 14.2. The number of carbonyl (C=O) groups is 1. The molecule has 0 atom stereocenters. The quantitative estimate of drug-likeness (QED) is 0.520. The molecule has 3 aromatic rings. The fraction of sp³-hybridized carbons (Fsp3) is 0.375. The first kappa shape index (κ1) is 22.4. The van der Waals surface area contributed by atoms with E-state index in [0.29, 0.717) is 17.4 Å². The minimum atomic E-state index is -3.65. The molecule has 1 heterocycles. The maximum absolute atomic E-state index is 12.9. The van der Waals surface area contributed by atoms with Crippen molar-refractivity contribution in [3.05, 3.63) is 53.3 Å². The second-order valence-corrected chi connectivity index (χ2v) is 10.3. The Balaban J connectivity index is 1.57. The van der Waals surface area contributed by atoms with Crippen molar-refractivity contribution in [2.45, 2.75) is 56.9 Å². The number of sulfonamides is 1. The molecule has 1 saturated carbocycles. The number of anilines is 1. The molecule has 170 valence electrons. The Kier molecular flexibility index (Phi) is 6.01. The monoisotopic (exact) mass is 456 g/mol. The van der Waals surface area contributed by atoms with Gasteiger partial charge in [-0.1, -0.05) is 13.8 Å². The molecule has 32 heavy (non-hydrogen) atoms. The number of nitrogens with one attached hydrogen (secondary N) is 2. The van der Waals surface area contributed by atoms with E-state index in [4.69, 9.17) is 9.15 Å². The van der Waals surface area contributed by atoms with Crippen molar-refractivity contribution in [3.63, 3.8) is 0 Å². The van der Waals surface area contributed by atoms with E-state index in [2.05, 4.69) is 36.9 Å². The van der Waals surface area contributed by atoms with Gasteiger partial charge in [-0.3, -0.25) is 4.79 Å². The van der Waals surface area contributed by atoms with Crippen LogP contribution in [0.5, 0.6) is 5.75 Å². The largest absolute Gasteiger partial charge is 0.495 e. The molecule has 1 fully saturated rings. The van der Waals surface area contributed by atoms with Crippen molar-refractivity contribution in [1.29, 1.82) is 0 Å². The number of aryl methyl sites for hydroxylation is 1. The number of ether oxygens (including phenoxy) is 1. The van der Waals surface area contributed by atoms with Crippen LogP contribution >= 0.6 is 0 Å². The van der Waals surface area contributed by atoms with Gasteiger partial charge in [-0.05, 0) is 67.1 Å². The molecular formula is C24H28N2O5S. The molecule has 1 aliphatic carbocycles. The standard InChI is InChI=1S/C24H28N2O5S/c1-14(2)19-12-20-16(13-31-23(20)9-15(19)3)10-24(27)25-21-11-18(7-8-22(21)30-4)32(28,29)26-17-5-6-17/h7-9,11-14,17,26H,5-6,10H2,1-4H3,(H,25,27). The van der Waals surface area contributed by atoms with E-state index in [-0.39, 0.29) is 23.3 Å². The number of carbonyl (C=O) groups excluding carboxylic acids is 1. The number of hydrogen-bond donors (Lipinski definition) is 2. The third-order valence-corrected chi connectivity index (χ3v) is 7.19. The van der Waals surface area contributed by atoms with Gasteiger partial charge < -0.3 is 14.5 Å². The Hall–Kier alpha value is -2.84. The highest BCUT2D eigenvalue weighted by Gasteiger charge is 2.28. The van der Waals surface area contributed by atoms with Crippen molar-refractivity contribution in [3.8, 4) is 5.75 Å². The molecule has 0 unspecified atom stereocenters. The van der Waals surface area contributed by atoms with Crippen LogP contribution in [0.1, 0.15) is 49.3 Å². The van der Waals surface area contributed by atoms with Crippen LogP contribution in [-0.2, 0) is 21.2 Å². The van der Waals surface area contributed by atoms with Gasteiger partial charge in [0.25, 0.3) is 0 Å². The first-order valence-corrected chi connectivity index (χ1v) is 12.2. The second-order valence-electron chi connectivity index (χ2n) is 8.60. The van der Waals surface area contributed by atoms with E-state index in [9.17, 15) is 13.2 Å². The van der Waals surface area contributed by atoms with Gasteiger partial charge in [0.2, 0.25) is 15.9 Å². The summed E-state index contributed by atoms with van der Waals surface area (Å²) in [7, 11) is -2.17. The second kappa shape index (κ2) is 8.60. The summed E-state index contributed by atoms with van der Waals surface area (Å²) in [5, 5.41) is 3.71. The van der Waals surface area contributed by atoms with Gasteiger partial charge in [-0.25, -0.2) is 13.1 Å². The summed E-state index contributed by atoms with van der Waals surface area (Å²) < 4.78 is 38.8. The molecule has 0 saturated heterocycles. The van der Waals surface area contributed by atoms with Crippen LogP contribution in [0.25, 0.3) is 11.0 Å². The molecule has 0 bridgehead atoms.